The van der Waals surface area contributed by atoms with Crippen LogP contribution in [-0.2, 0) is 14.8 Å². The van der Waals surface area contributed by atoms with Gasteiger partial charge in [0.1, 0.15) is 5.82 Å². The van der Waals surface area contributed by atoms with Gasteiger partial charge in [-0.3, -0.25) is 4.79 Å². The van der Waals surface area contributed by atoms with Crippen molar-refractivity contribution in [2.75, 3.05) is 18.4 Å². The molecule has 1 amide bonds. The van der Waals surface area contributed by atoms with Gasteiger partial charge < -0.3 is 11.1 Å². The molecule has 0 aromatic carbocycles. The third-order valence-electron chi connectivity index (χ3n) is 2.49. The molecule has 112 valence electrons. The van der Waals surface area contributed by atoms with Crippen LogP contribution in [0.3, 0.4) is 0 Å². The lowest BCUT2D eigenvalue weighted by atomic mass is 10.3. The highest BCUT2D eigenvalue weighted by Gasteiger charge is 2.14. The average Bonchev–Trinajstić information content (AvgIpc) is 2.41. The Bertz CT molecular complexity index is 545. The molecule has 0 spiro atoms. The summed E-state index contributed by atoms with van der Waals surface area (Å²) in [6.45, 7) is 2.90. The van der Waals surface area contributed by atoms with Crippen LogP contribution in [0.2, 0.25) is 0 Å². The van der Waals surface area contributed by atoms with Crippen molar-refractivity contribution in [1.82, 2.24) is 9.71 Å². The third kappa shape index (κ3) is 5.54. The van der Waals surface area contributed by atoms with Gasteiger partial charge in [-0.1, -0.05) is 6.92 Å². The van der Waals surface area contributed by atoms with E-state index < -0.39 is 15.9 Å². The molecular formula is C12H20N4O3S. The summed E-state index contributed by atoms with van der Waals surface area (Å²) in [6, 6.07) is 2.90. The second-order valence-electron chi connectivity index (χ2n) is 4.27. The lowest BCUT2D eigenvalue weighted by Crippen LogP contribution is -2.26. The number of amides is 1. The molecule has 0 aliphatic carbocycles. The lowest BCUT2D eigenvalue weighted by Gasteiger charge is -2.08. The van der Waals surface area contributed by atoms with Crippen molar-refractivity contribution in [3.63, 3.8) is 0 Å². The molecule has 0 bridgehead atoms. The van der Waals surface area contributed by atoms with Crippen molar-refractivity contribution in [1.29, 1.82) is 0 Å². The molecule has 0 radical (unpaired) electrons. The summed E-state index contributed by atoms with van der Waals surface area (Å²) in [7, 11) is -3.59. The van der Waals surface area contributed by atoms with E-state index in [1.165, 1.54) is 18.3 Å². The minimum absolute atomic E-state index is 0.144. The van der Waals surface area contributed by atoms with Crippen molar-refractivity contribution in [3.05, 3.63) is 18.3 Å². The third-order valence-corrected chi connectivity index (χ3v) is 3.95. The molecule has 0 aliphatic rings. The molecule has 0 saturated heterocycles. The van der Waals surface area contributed by atoms with Gasteiger partial charge in [0.25, 0.3) is 0 Å². The Morgan fingerprint density at radius 1 is 1.40 bits per heavy atom. The number of rotatable bonds is 9. The van der Waals surface area contributed by atoms with Crippen LogP contribution in [-0.4, -0.2) is 32.4 Å². The van der Waals surface area contributed by atoms with Gasteiger partial charge in [0.15, 0.2) is 0 Å². The monoisotopic (exact) mass is 300 g/mol. The van der Waals surface area contributed by atoms with Crippen LogP contribution >= 0.6 is 0 Å². The Morgan fingerprint density at radius 2 is 2.15 bits per heavy atom. The number of carbonyl (C=O) groups excluding carboxylic acids is 1. The van der Waals surface area contributed by atoms with Gasteiger partial charge in [-0.05, 0) is 18.9 Å². The number of hydrogen-bond donors (Lipinski definition) is 3. The maximum atomic E-state index is 12.0. The van der Waals surface area contributed by atoms with Gasteiger partial charge >= 0.3 is 0 Å². The fraction of sp³-hybridized carbons (Fsp3) is 0.500. The average molecular weight is 300 g/mol. The van der Waals surface area contributed by atoms with Gasteiger partial charge in [0.2, 0.25) is 15.9 Å². The van der Waals surface area contributed by atoms with Crippen molar-refractivity contribution >= 4 is 21.7 Å². The molecule has 1 aromatic rings. The quantitative estimate of drug-likeness (QED) is 0.573. The van der Waals surface area contributed by atoms with Gasteiger partial charge in [-0.25, -0.2) is 18.1 Å². The van der Waals surface area contributed by atoms with Crippen LogP contribution in [0.4, 0.5) is 5.82 Å². The molecule has 1 aromatic heterocycles. The second-order valence-corrected chi connectivity index (χ2v) is 6.04. The van der Waals surface area contributed by atoms with E-state index in [0.29, 0.717) is 12.2 Å². The first kappa shape index (κ1) is 16.4. The standard InChI is InChI=1S/C12H20N4O3S/c1-2-6-14-12-9-10(5-8-15-12)20(18,19)16-7-3-4-11(13)17/h5,8-9,16H,2-4,6-7H2,1H3,(H2,13,17)(H,14,15). The predicted molar refractivity (Wildman–Crippen MR) is 76.6 cm³/mol. The molecule has 7 nitrogen and oxygen atoms in total. The highest BCUT2D eigenvalue weighted by atomic mass is 32.2. The largest absolute Gasteiger partial charge is 0.370 e. The summed E-state index contributed by atoms with van der Waals surface area (Å²) in [5.74, 6) is 0.0750. The van der Waals surface area contributed by atoms with Crippen molar-refractivity contribution < 1.29 is 13.2 Å². The number of sulfonamides is 1. The maximum absolute atomic E-state index is 12.0. The van der Waals surface area contributed by atoms with Crippen LogP contribution in [0.25, 0.3) is 0 Å². The number of aromatic nitrogens is 1. The van der Waals surface area contributed by atoms with Crippen LogP contribution in [0.1, 0.15) is 26.2 Å². The molecule has 0 atom stereocenters. The minimum Gasteiger partial charge on any atom is -0.370 e. The number of anilines is 1. The minimum atomic E-state index is -3.59. The van der Waals surface area contributed by atoms with Crippen LogP contribution in [0, 0.1) is 0 Å². The van der Waals surface area contributed by atoms with Gasteiger partial charge in [-0.2, -0.15) is 0 Å². The zero-order valence-corrected chi connectivity index (χ0v) is 12.2. The molecular weight excluding hydrogens is 280 g/mol. The first-order chi connectivity index (χ1) is 9.45. The lowest BCUT2D eigenvalue weighted by molar-refractivity contribution is -0.118. The van der Waals surface area contributed by atoms with E-state index in [9.17, 15) is 13.2 Å². The van der Waals surface area contributed by atoms with Crippen LogP contribution < -0.4 is 15.8 Å². The summed E-state index contributed by atoms with van der Waals surface area (Å²) < 4.78 is 26.5. The number of pyridine rings is 1. The Labute approximate surface area is 119 Å². The summed E-state index contributed by atoms with van der Waals surface area (Å²) in [5.41, 5.74) is 4.99. The van der Waals surface area contributed by atoms with Crippen LogP contribution in [0.5, 0.6) is 0 Å². The molecule has 1 heterocycles. The molecule has 0 saturated carbocycles. The summed E-state index contributed by atoms with van der Waals surface area (Å²) in [4.78, 5) is 14.8. The molecule has 20 heavy (non-hydrogen) atoms. The highest BCUT2D eigenvalue weighted by Crippen LogP contribution is 2.12. The summed E-state index contributed by atoms with van der Waals surface area (Å²) in [5, 5.41) is 3.02. The Hall–Kier alpha value is -1.67. The first-order valence-corrected chi connectivity index (χ1v) is 7.92. The fourth-order valence-corrected chi connectivity index (χ4v) is 2.57. The van der Waals surface area contributed by atoms with E-state index in [2.05, 4.69) is 15.0 Å². The van der Waals surface area contributed by atoms with E-state index in [0.717, 1.165) is 13.0 Å². The van der Waals surface area contributed by atoms with E-state index in [1.807, 2.05) is 6.92 Å². The molecule has 0 fully saturated rings. The van der Waals surface area contributed by atoms with E-state index in [-0.39, 0.29) is 17.9 Å². The molecule has 1 rings (SSSR count). The number of nitrogens with two attached hydrogens (primary N) is 1. The van der Waals surface area contributed by atoms with E-state index in [4.69, 9.17) is 5.73 Å². The zero-order chi connectivity index (χ0) is 15.0. The SMILES string of the molecule is CCCNc1cc(S(=O)(=O)NCCCC(N)=O)ccn1. The number of primary amides is 1. The maximum Gasteiger partial charge on any atom is 0.240 e. The van der Waals surface area contributed by atoms with Gasteiger partial charge in [0, 0.05) is 31.8 Å². The normalized spacial score (nSPS) is 11.2. The molecule has 0 aliphatic heterocycles. The first-order valence-electron chi connectivity index (χ1n) is 6.43. The number of carbonyl (C=O) groups is 1. The van der Waals surface area contributed by atoms with E-state index >= 15 is 0 Å². The summed E-state index contributed by atoms with van der Waals surface area (Å²) >= 11 is 0. The molecule has 0 unspecified atom stereocenters. The molecule has 4 N–H and O–H groups in total. The van der Waals surface area contributed by atoms with Crippen molar-refractivity contribution in [2.45, 2.75) is 31.1 Å². The second kappa shape index (κ2) is 7.81. The summed E-state index contributed by atoms with van der Waals surface area (Å²) in [6.07, 6.45) is 2.89. The Morgan fingerprint density at radius 3 is 2.80 bits per heavy atom. The number of nitrogens with zero attached hydrogens (tertiary/aromatic N) is 1. The number of hydrogen-bond acceptors (Lipinski definition) is 5. The van der Waals surface area contributed by atoms with Crippen molar-refractivity contribution in [3.8, 4) is 0 Å². The predicted octanol–water partition coefficient (Wildman–Crippen LogP) is 0.447. The van der Waals surface area contributed by atoms with Crippen molar-refractivity contribution in [2.24, 2.45) is 5.73 Å². The fourth-order valence-electron chi connectivity index (χ4n) is 1.48. The Balaban J connectivity index is 2.64. The molecule has 8 heteroatoms. The van der Waals surface area contributed by atoms with Crippen LogP contribution in [0.15, 0.2) is 23.2 Å². The van der Waals surface area contributed by atoms with E-state index in [1.54, 1.807) is 0 Å². The van der Waals surface area contributed by atoms with Gasteiger partial charge in [-0.15, -0.1) is 0 Å². The van der Waals surface area contributed by atoms with Gasteiger partial charge in [0.05, 0.1) is 4.90 Å². The Kier molecular flexibility index (Phi) is 6.40. The zero-order valence-electron chi connectivity index (χ0n) is 11.4. The highest BCUT2D eigenvalue weighted by molar-refractivity contribution is 7.89. The number of nitrogens with one attached hydrogen (secondary N) is 2. The topological polar surface area (TPSA) is 114 Å². The smallest absolute Gasteiger partial charge is 0.240 e.